The Bertz CT molecular complexity index is 197. The van der Waals surface area contributed by atoms with Crippen LogP contribution >= 0.6 is 0 Å². The van der Waals surface area contributed by atoms with Crippen LogP contribution in [0.5, 0.6) is 0 Å². The molecule has 0 radical (unpaired) electrons. The molecule has 0 aromatic heterocycles. The first kappa shape index (κ1) is 13.0. The Morgan fingerprint density at radius 1 is 1.20 bits per heavy atom. The Hall–Kier alpha value is -0.0800. The summed E-state index contributed by atoms with van der Waals surface area (Å²) in [6.07, 6.45) is 1.28. The van der Waals surface area contributed by atoms with E-state index >= 15 is 0 Å². The van der Waals surface area contributed by atoms with Gasteiger partial charge in [-0.2, -0.15) is 0 Å². The maximum atomic E-state index is 3.70. The molecular weight excluding hydrogens is 184 g/mol. The Morgan fingerprint density at radius 2 is 1.80 bits per heavy atom. The molecule has 0 saturated carbocycles. The predicted molar refractivity (Wildman–Crippen MR) is 67.2 cm³/mol. The molecule has 0 spiro atoms. The molecule has 15 heavy (non-hydrogen) atoms. The van der Waals surface area contributed by atoms with Gasteiger partial charge in [-0.3, -0.25) is 0 Å². The zero-order valence-electron chi connectivity index (χ0n) is 11.3. The lowest BCUT2D eigenvalue weighted by Crippen LogP contribution is -2.57. The zero-order valence-corrected chi connectivity index (χ0v) is 11.3. The van der Waals surface area contributed by atoms with Crippen LogP contribution in [-0.2, 0) is 0 Å². The van der Waals surface area contributed by atoms with Gasteiger partial charge in [0.2, 0.25) is 0 Å². The van der Waals surface area contributed by atoms with Gasteiger partial charge in [-0.15, -0.1) is 0 Å². The molecule has 0 bridgehead atoms. The van der Waals surface area contributed by atoms with Crippen LogP contribution in [0.4, 0.5) is 0 Å². The quantitative estimate of drug-likeness (QED) is 0.773. The van der Waals surface area contributed by atoms with Gasteiger partial charge in [-0.1, -0.05) is 27.7 Å². The van der Waals surface area contributed by atoms with Crippen molar-refractivity contribution in [3.05, 3.63) is 0 Å². The second-order valence-electron chi connectivity index (χ2n) is 6.22. The second-order valence-corrected chi connectivity index (χ2v) is 6.22. The van der Waals surface area contributed by atoms with Gasteiger partial charge < -0.3 is 10.2 Å². The van der Waals surface area contributed by atoms with Gasteiger partial charge in [0.15, 0.2) is 0 Å². The topological polar surface area (TPSA) is 15.3 Å². The molecule has 1 heterocycles. The molecule has 1 aliphatic rings. The maximum Gasteiger partial charge on any atom is 0.0145 e. The minimum atomic E-state index is 0.396. The highest BCUT2D eigenvalue weighted by Gasteiger charge is 2.36. The Kier molecular flexibility index (Phi) is 4.19. The maximum absolute atomic E-state index is 3.70. The van der Waals surface area contributed by atoms with Crippen molar-refractivity contribution in [2.45, 2.75) is 66.1 Å². The van der Waals surface area contributed by atoms with E-state index in [0.717, 1.165) is 0 Å². The van der Waals surface area contributed by atoms with Gasteiger partial charge >= 0.3 is 0 Å². The first-order valence-corrected chi connectivity index (χ1v) is 6.33. The fourth-order valence-corrected chi connectivity index (χ4v) is 2.55. The van der Waals surface area contributed by atoms with Crippen molar-refractivity contribution in [2.75, 3.05) is 13.1 Å². The molecule has 1 atom stereocenters. The van der Waals surface area contributed by atoms with E-state index in [4.69, 9.17) is 0 Å². The van der Waals surface area contributed by atoms with Crippen LogP contribution in [-0.4, -0.2) is 36.1 Å². The van der Waals surface area contributed by atoms with Crippen LogP contribution in [0.15, 0.2) is 0 Å². The van der Waals surface area contributed by atoms with E-state index in [2.05, 4.69) is 51.8 Å². The van der Waals surface area contributed by atoms with Crippen molar-refractivity contribution in [3.8, 4) is 0 Å². The largest absolute Gasteiger partial charge is 0.311 e. The molecule has 0 aliphatic carbocycles. The molecular formula is C13H28N2. The predicted octanol–water partition coefficient (Wildman–Crippen LogP) is 2.49. The smallest absolute Gasteiger partial charge is 0.0145 e. The number of piperidine rings is 1. The SMILES string of the molecule is CC(C)NC1CCN(C(C)C)CC1(C)C. The summed E-state index contributed by atoms with van der Waals surface area (Å²) in [7, 11) is 0. The second kappa shape index (κ2) is 4.84. The zero-order chi connectivity index (χ0) is 11.6. The van der Waals surface area contributed by atoms with Crippen molar-refractivity contribution in [1.82, 2.24) is 10.2 Å². The lowest BCUT2D eigenvalue weighted by atomic mass is 9.78. The monoisotopic (exact) mass is 212 g/mol. The van der Waals surface area contributed by atoms with Gasteiger partial charge in [0.1, 0.15) is 0 Å². The Labute approximate surface area is 95.4 Å². The summed E-state index contributed by atoms with van der Waals surface area (Å²) in [5.41, 5.74) is 0.396. The summed E-state index contributed by atoms with van der Waals surface area (Å²) in [6.45, 7) is 16.3. The first-order valence-electron chi connectivity index (χ1n) is 6.33. The van der Waals surface area contributed by atoms with Crippen molar-refractivity contribution in [1.29, 1.82) is 0 Å². The van der Waals surface area contributed by atoms with Crippen molar-refractivity contribution in [2.24, 2.45) is 5.41 Å². The van der Waals surface area contributed by atoms with E-state index in [1.807, 2.05) is 0 Å². The lowest BCUT2D eigenvalue weighted by molar-refractivity contribution is 0.0542. The van der Waals surface area contributed by atoms with Crippen LogP contribution in [0.25, 0.3) is 0 Å². The highest BCUT2D eigenvalue weighted by molar-refractivity contribution is 4.93. The average Bonchev–Trinajstić information content (AvgIpc) is 2.07. The third kappa shape index (κ3) is 3.46. The van der Waals surface area contributed by atoms with E-state index in [0.29, 0.717) is 23.5 Å². The summed E-state index contributed by atoms with van der Waals surface area (Å²) in [6, 6.07) is 1.96. The van der Waals surface area contributed by atoms with Gasteiger partial charge in [-0.25, -0.2) is 0 Å². The summed E-state index contributed by atoms with van der Waals surface area (Å²) < 4.78 is 0. The van der Waals surface area contributed by atoms with Crippen LogP contribution in [0, 0.1) is 5.41 Å². The fourth-order valence-electron chi connectivity index (χ4n) is 2.55. The van der Waals surface area contributed by atoms with Crippen molar-refractivity contribution < 1.29 is 0 Å². The van der Waals surface area contributed by atoms with Gasteiger partial charge in [-0.05, 0) is 32.2 Å². The molecule has 2 heteroatoms. The Morgan fingerprint density at radius 3 is 2.20 bits per heavy atom. The number of hydrogen-bond donors (Lipinski definition) is 1. The minimum Gasteiger partial charge on any atom is -0.311 e. The first-order chi connectivity index (χ1) is 6.83. The normalized spacial score (nSPS) is 27.6. The van der Waals surface area contributed by atoms with Crippen molar-refractivity contribution in [3.63, 3.8) is 0 Å². The molecule has 1 unspecified atom stereocenters. The van der Waals surface area contributed by atoms with E-state index in [1.54, 1.807) is 0 Å². The number of nitrogens with one attached hydrogen (secondary N) is 1. The number of rotatable bonds is 3. The van der Waals surface area contributed by atoms with E-state index < -0.39 is 0 Å². The third-order valence-electron chi connectivity index (χ3n) is 3.52. The summed E-state index contributed by atoms with van der Waals surface area (Å²) in [4.78, 5) is 2.60. The van der Waals surface area contributed by atoms with Crippen LogP contribution in [0.2, 0.25) is 0 Å². The van der Waals surface area contributed by atoms with Gasteiger partial charge in [0.25, 0.3) is 0 Å². The molecule has 1 aliphatic heterocycles. The highest BCUT2D eigenvalue weighted by atomic mass is 15.2. The molecule has 1 rings (SSSR count). The highest BCUT2D eigenvalue weighted by Crippen LogP contribution is 2.30. The molecule has 90 valence electrons. The number of hydrogen-bond acceptors (Lipinski definition) is 2. The lowest BCUT2D eigenvalue weighted by Gasteiger charge is -2.47. The van der Waals surface area contributed by atoms with Crippen LogP contribution in [0.3, 0.4) is 0 Å². The Balaban J connectivity index is 2.58. The molecule has 0 aromatic carbocycles. The fraction of sp³-hybridized carbons (Fsp3) is 1.00. The van der Waals surface area contributed by atoms with Crippen LogP contribution < -0.4 is 5.32 Å². The van der Waals surface area contributed by atoms with Crippen LogP contribution in [0.1, 0.15) is 48.0 Å². The number of nitrogens with zero attached hydrogens (tertiary/aromatic N) is 1. The number of likely N-dealkylation sites (tertiary alicyclic amines) is 1. The minimum absolute atomic E-state index is 0.396. The molecule has 0 aromatic rings. The molecule has 1 saturated heterocycles. The summed E-state index contributed by atoms with van der Waals surface area (Å²) in [5.74, 6) is 0. The van der Waals surface area contributed by atoms with E-state index in [9.17, 15) is 0 Å². The van der Waals surface area contributed by atoms with E-state index in [-0.39, 0.29) is 0 Å². The average molecular weight is 212 g/mol. The summed E-state index contributed by atoms with van der Waals surface area (Å²) >= 11 is 0. The third-order valence-corrected chi connectivity index (χ3v) is 3.52. The standard InChI is InChI=1S/C13H28N2/c1-10(2)14-12-7-8-15(11(3)4)9-13(12,5)6/h10-12,14H,7-9H2,1-6H3. The summed E-state index contributed by atoms with van der Waals surface area (Å²) in [5, 5.41) is 3.70. The molecule has 0 amide bonds. The molecule has 2 nitrogen and oxygen atoms in total. The van der Waals surface area contributed by atoms with Gasteiger partial charge in [0, 0.05) is 24.7 Å². The van der Waals surface area contributed by atoms with E-state index in [1.165, 1.54) is 19.5 Å². The molecule has 1 fully saturated rings. The van der Waals surface area contributed by atoms with Crippen molar-refractivity contribution >= 4 is 0 Å². The van der Waals surface area contributed by atoms with Gasteiger partial charge in [0.05, 0.1) is 0 Å². The molecule has 1 N–H and O–H groups in total.